The number of primary amides is 1. The van der Waals surface area contributed by atoms with Gasteiger partial charge >= 0.3 is 6.03 Å². The summed E-state index contributed by atoms with van der Waals surface area (Å²) < 4.78 is 37.4. The number of nitrogens with zero attached hydrogens (tertiary/aromatic N) is 1. The molecular formula is C22H29F2N5O3S. The average molecular weight is 482 g/mol. The lowest BCUT2D eigenvalue weighted by atomic mass is 9.95. The molecule has 11 heteroatoms. The second-order valence-corrected chi connectivity index (χ2v) is 8.85. The van der Waals surface area contributed by atoms with Crippen molar-refractivity contribution in [1.29, 1.82) is 0 Å². The summed E-state index contributed by atoms with van der Waals surface area (Å²) in [4.78, 5) is 24.1. The molecule has 0 atom stereocenters. The lowest BCUT2D eigenvalue weighted by Crippen LogP contribution is -2.35. The summed E-state index contributed by atoms with van der Waals surface area (Å²) in [6.45, 7) is 2.34. The summed E-state index contributed by atoms with van der Waals surface area (Å²) in [5, 5.41) is 8.85. The van der Waals surface area contributed by atoms with Gasteiger partial charge < -0.3 is 21.1 Å². The van der Waals surface area contributed by atoms with E-state index >= 15 is 0 Å². The Morgan fingerprint density at radius 3 is 2.55 bits per heavy atom. The van der Waals surface area contributed by atoms with E-state index < -0.39 is 30.2 Å². The second-order valence-electron chi connectivity index (χ2n) is 8.08. The van der Waals surface area contributed by atoms with Crippen LogP contribution in [0.4, 0.5) is 18.6 Å². The Labute approximate surface area is 195 Å². The summed E-state index contributed by atoms with van der Waals surface area (Å²) in [5.41, 5.74) is 5.40. The first-order valence-electron chi connectivity index (χ1n) is 11.0. The minimum atomic E-state index is -0.879. The van der Waals surface area contributed by atoms with Crippen molar-refractivity contribution < 1.29 is 23.1 Å². The predicted octanol–water partition coefficient (Wildman–Crippen LogP) is 3.84. The zero-order valence-corrected chi connectivity index (χ0v) is 19.3. The molecule has 1 fully saturated rings. The van der Waals surface area contributed by atoms with Crippen molar-refractivity contribution in [3.05, 3.63) is 40.5 Å². The maximum atomic E-state index is 14.0. The van der Waals surface area contributed by atoms with E-state index in [9.17, 15) is 18.4 Å². The molecule has 1 aliphatic rings. The lowest BCUT2D eigenvalue weighted by Gasteiger charge is -2.22. The fourth-order valence-corrected chi connectivity index (χ4v) is 4.47. The Morgan fingerprint density at radius 2 is 1.88 bits per heavy atom. The van der Waals surface area contributed by atoms with Gasteiger partial charge in [-0.05, 0) is 62.0 Å². The number of carbonyl (C=O) groups is 2. The van der Waals surface area contributed by atoms with E-state index in [0.717, 1.165) is 24.5 Å². The molecule has 8 nitrogen and oxygen atoms in total. The number of aryl methyl sites for hydroxylation is 1. The van der Waals surface area contributed by atoms with Gasteiger partial charge in [0.25, 0.3) is 5.91 Å². The summed E-state index contributed by atoms with van der Waals surface area (Å²) in [5.74, 6) is -2.60. The van der Waals surface area contributed by atoms with E-state index in [0.29, 0.717) is 18.2 Å². The molecule has 1 saturated carbocycles. The number of ether oxygens (including phenoxy) is 1. The molecule has 0 unspecified atom stereocenters. The third-order valence-electron chi connectivity index (χ3n) is 5.45. The van der Waals surface area contributed by atoms with Crippen LogP contribution in [0.5, 0.6) is 5.88 Å². The second kappa shape index (κ2) is 11.9. The van der Waals surface area contributed by atoms with Gasteiger partial charge in [0.1, 0.15) is 28.8 Å². The average Bonchev–Trinajstić information content (AvgIpc) is 3.16. The summed E-state index contributed by atoms with van der Waals surface area (Å²) in [6, 6.07) is 2.41. The zero-order valence-electron chi connectivity index (χ0n) is 18.5. The molecule has 0 spiro atoms. The third-order valence-corrected chi connectivity index (χ3v) is 6.20. The molecule has 0 aliphatic heterocycles. The Hall–Kier alpha value is -2.79. The van der Waals surface area contributed by atoms with Crippen LogP contribution in [0, 0.1) is 18.6 Å². The van der Waals surface area contributed by atoms with Crippen LogP contribution in [-0.4, -0.2) is 35.4 Å². The largest absolute Gasteiger partial charge is 0.471 e. The number of halogens is 2. The molecule has 0 bridgehead atoms. The molecule has 3 amide bonds. The van der Waals surface area contributed by atoms with Crippen molar-refractivity contribution in [2.75, 3.05) is 18.4 Å². The molecular weight excluding hydrogens is 452 g/mol. The smallest absolute Gasteiger partial charge is 0.319 e. The van der Waals surface area contributed by atoms with E-state index in [1.165, 1.54) is 44.2 Å². The lowest BCUT2D eigenvalue weighted by molar-refractivity contribution is 0.0996. The molecule has 33 heavy (non-hydrogen) atoms. The summed E-state index contributed by atoms with van der Waals surface area (Å²) in [6.07, 6.45) is 6.98. The van der Waals surface area contributed by atoms with Gasteiger partial charge in [0.05, 0.1) is 5.56 Å². The number of hydrogen-bond acceptors (Lipinski definition) is 6. The van der Waals surface area contributed by atoms with Crippen LogP contribution in [0.25, 0.3) is 0 Å². The van der Waals surface area contributed by atoms with E-state index in [-0.39, 0.29) is 22.0 Å². The normalized spacial score (nSPS) is 14.2. The van der Waals surface area contributed by atoms with Gasteiger partial charge in [-0.15, -0.1) is 0 Å². The van der Waals surface area contributed by atoms with Gasteiger partial charge in [0, 0.05) is 12.6 Å². The molecule has 3 rings (SSSR count). The molecule has 0 radical (unpaired) electrons. The standard InChI is InChI=1S/C22H29F2N5O3S/c1-13-10-16(23)15(17(24)11-13)12-32-20-18(19(25)30)21(33-29-20)28-22(31)27-9-5-8-26-14-6-3-2-4-7-14/h10-11,14,26H,2-9,12H2,1H3,(H2,25,30)(H2,27,28,31). The van der Waals surface area contributed by atoms with Gasteiger partial charge in [-0.25, -0.2) is 13.6 Å². The van der Waals surface area contributed by atoms with E-state index in [2.05, 4.69) is 20.3 Å². The highest BCUT2D eigenvalue weighted by Crippen LogP contribution is 2.31. The van der Waals surface area contributed by atoms with E-state index in [1.54, 1.807) is 6.92 Å². The van der Waals surface area contributed by atoms with Gasteiger partial charge in [-0.1, -0.05) is 19.3 Å². The minimum absolute atomic E-state index is 0.0974. The van der Waals surface area contributed by atoms with Gasteiger partial charge in [0.2, 0.25) is 5.88 Å². The zero-order chi connectivity index (χ0) is 23.8. The number of aromatic nitrogens is 1. The van der Waals surface area contributed by atoms with E-state index in [4.69, 9.17) is 10.5 Å². The van der Waals surface area contributed by atoms with E-state index in [1.807, 2.05) is 0 Å². The first-order valence-corrected chi connectivity index (χ1v) is 11.8. The molecule has 1 aromatic heterocycles. The van der Waals surface area contributed by atoms with Crippen molar-refractivity contribution in [2.24, 2.45) is 5.73 Å². The highest BCUT2D eigenvalue weighted by atomic mass is 32.1. The van der Waals surface area contributed by atoms with Crippen LogP contribution in [0.3, 0.4) is 0 Å². The topological polar surface area (TPSA) is 118 Å². The molecule has 180 valence electrons. The fraction of sp³-hybridized carbons (Fsp3) is 0.500. The quantitative estimate of drug-likeness (QED) is 0.385. The molecule has 1 aromatic carbocycles. The predicted molar refractivity (Wildman–Crippen MR) is 123 cm³/mol. The summed E-state index contributed by atoms with van der Waals surface area (Å²) >= 11 is 0.794. The number of anilines is 1. The first-order chi connectivity index (χ1) is 15.8. The van der Waals surface area contributed by atoms with Crippen LogP contribution in [0.1, 0.15) is 60.0 Å². The summed E-state index contributed by atoms with van der Waals surface area (Å²) in [7, 11) is 0. The number of rotatable bonds is 10. The van der Waals surface area contributed by atoms with Gasteiger partial charge in [0.15, 0.2) is 0 Å². The van der Waals surface area contributed by atoms with Crippen molar-refractivity contribution in [1.82, 2.24) is 15.0 Å². The number of urea groups is 1. The maximum Gasteiger partial charge on any atom is 0.319 e. The fourth-order valence-electron chi connectivity index (χ4n) is 3.74. The van der Waals surface area contributed by atoms with Crippen LogP contribution < -0.4 is 26.4 Å². The molecule has 2 aromatic rings. The third kappa shape index (κ3) is 7.10. The molecule has 1 aliphatic carbocycles. The first kappa shape index (κ1) is 24.8. The highest BCUT2D eigenvalue weighted by molar-refractivity contribution is 7.11. The van der Waals surface area contributed by atoms with Crippen molar-refractivity contribution in [3.8, 4) is 5.88 Å². The van der Waals surface area contributed by atoms with Crippen molar-refractivity contribution >= 4 is 28.5 Å². The van der Waals surface area contributed by atoms with Crippen LogP contribution in [0.15, 0.2) is 12.1 Å². The Morgan fingerprint density at radius 1 is 1.18 bits per heavy atom. The number of carbonyl (C=O) groups excluding carboxylic acids is 2. The SMILES string of the molecule is Cc1cc(F)c(COc2nsc(NC(=O)NCCCNC3CCCCC3)c2C(N)=O)c(F)c1. The van der Waals surface area contributed by atoms with Crippen molar-refractivity contribution in [3.63, 3.8) is 0 Å². The number of benzene rings is 1. The Balaban J connectivity index is 1.50. The number of hydrogen-bond donors (Lipinski definition) is 4. The number of nitrogens with two attached hydrogens (primary N) is 1. The molecule has 5 N–H and O–H groups in total. The molecule has 1 heterocycles. The monoisotopic (exact) mass is 481 g/mol. The van der Waals surface area contributed by atoms with Gasteiger partial charge in [-0.2, -0.15) is 4.37 Å². The van der Waals surface area contributed by atoms with Gasteiger partial charge in [-0.3, -0.25) is 10.1 Å². The number of nitrogens with one attached hydrogen (secondary N) is 3. The highest BCUT2D eigenvalue weighted by Gasteiger charge is 2.23. The molecule has 0 saturated heterocycles. The van der Waals surface area contributed by atoms with Crippen LogP contribution in [-0.2, 0) is 6.61 Å². The minimum Gasteiger partial charge on any atom is -0.471 e. The van der Waals surface area contributed by atoms with Crippen LogP contribution in [0.2, 0.25) is 0 Å². The Kier molecular flexibility index (Phi) is 8.95. The van der Waals surface area contributed by atoms with Crippen molar-refractivity contribution in [2.45, 2.75) is 58.1 Å². The maximum absolute atomic E-state index is 14.0. The Bertz CT molecular complexity index is 956. The number of amides is 3. The van der Waals surface area contributed by atoms with Crippen LogP contribution >= 0.6 is 11.5 Å².